The lowest BCUT2D eigenvalue weighted by atomic mass is 9.91. The van der Waals surface area contributed by atoms with Gasteiger partial charge in [-0.15, -0.1) is 0 Å². The van der Waals surface area contributed by atoms with Gasteiger partial charge >= 0.3 is 0 Å². The van der Waals surface area contributed by atoms with E-state index in [0.717, 1.165) is 25.2 Å². The highest BCUT2D eigenvalue weighted by Crippen LogP contribution is 2.28. The fourth-order valence-corrected chi connectivity index (χ4v) is 3.33. The van der Waals surface area contributed by atoms with Crippen molar-refractivity contribution in [2.24, 2.45) is 5.92 Å². The molecule has 0 radical (unpaired) electrons. The van der Waals surface area contributed by atoms with Gasteiger partial charge in [-0.25, -0.2) is 4.68 Å². The number of aryl methyl sites for hydroxylation is 1. The third-order valence-electron chi connectivity index (χ3n) is 4.23. The van der Waals surface area contributed by atoms with Gasteiger partial charge < -0.3 is 10.2 Å². The molecule has 0 aliphatic carbocycles. The molecular weight excluding hydrogens is 320 g/mol. The molecule has 5 nitrogen and oxygen atoms in total. The number of anilines is 1. The molecule has 2 heterocycles. The Morgan fingerprint density at radius 1 is 1.60 bits per heavy atom. The van der Waals surface area contributed by atoms with Crippen LogP contribution in [-0.2, 0) is 6.54 Å². The van der Waals surface area contributed by atoms with Crippen LogP contribution in [0.25, 0.3) is 0 Å². The summed E-state index contributed by atoms with van der Waals surface area (Å²) in [6, 6.07) is 0.487. The Kier molecular flexibility index (Phi) is 5.21. The fraction of sp³-hybridized carbons (Fsp3) is 0.714. The highest BCUT2D eigenvalue weighted by molar-refractivity contribution is 9.10. The van der Waals surface area contributed by atoms with Gasteiger partial charge in [0.1, 0.15) is 4.47 Å². The molecule has 0 spiro atoms. The summed E-state index contributed by atoms with van der Waals surface area (Å²) in [5, 5.41) is 7.57. The first-order valence-electron chi connectivity index (χ1n) is 7.26. The summed E-state index contributed by atoms with van der Waals surface area (Å²) in [7, 11) is 2.00. The summed E-state index contributed by atoms with van der Waals surface area (Å²) in [6.07, 6.45) is 4.19. The van der Waals surface area contributed by atoms with Gasteiger partial charge in [-0.3, -0.25) is 4.79 Å². The molecule has 1 aliphatic heterocycles. The summed E-state index contributed by atoms with van der Waals surface area (Å²) >= 11 is 3.45. The molecule has 2 atom stereocenters. The maximum atomic E-state index is 12.1. The molecule has 112 valence electrons. The lowest BCUT2D eigenvalue weighted by Gasteiger charge is -2.37. The second-order valence-electron chi connectivity index (χ2n) is 5.39. The van der Waals surface area contributed by atoms with E-state index in [2.05, 4.69) is 38.2 Å². The topological polar surface area (TPSA) is 50.2 Å². The summed E-state index contributed by atoms with van der Waals surface area (Å²) in [6.45, 7) is 6.69. The van der Waals surface area contributed by atoms with Gasteiger partial charge in [0.15, 0.2) is 0 Å². The Morgan fingerprint density at radius 2 is 2.35 bits per heavy atom. The molecule has 2 rings (SSSR count). The Bertz CT molecular complexity index is 516. The average Bonchev–Trinajstić information content (AvgIpc) is 2.49. The molecule has 1 aromatic heterocycles. The van der Waals surface area contributed by atoms with Crippen molar-refractivity contribution in [2.75, 3.05) is 25.0 Å². The number of nitrogens with one attached hydrogen (secondary N) is 1. The quantitative estimate of drug-likeness (QED) is 0.907. The molecule has 1 saturated heterocycles. The zero-order valence-corrected chi connectivity index (χ0v) is 14.0. The summed E-state index contributed by atoms with van der Waals surface area (Å²) in [5.41, 5.74) is 0.876. The Balaban J connectivity index is 2.23. The number of halogens is 1. The van der Waals surface area contributed by atoms with Crippen LogP contribution in [0.15, 0.2) is 15.5 Å². The highest BCUT2D eigenvalue weighted by Gasteiger charge is 2.26. The number of hydrogen-bond donors (Lipinski definition) is 1. The monoisotopic (exact) mass is 342 g/mol. The molecule has 1 fully saturated rings. The Morgan fingerprint density at radius 3 is 3.00 bits per heavy atom. The predicted molar refractivity (Wildman–Crippen MR) is 85.3 cm³/mol. The number of aromatic nitrogens is 2. The molecule has 0 amide bonds. The smallest absolute Gasteiger partial charge is 0.283 e. The molecule has 0 aromatic carbocycles. The minimum Gasteiger partial charge on any atom is -0.369 e. The zero-order chi connectivity index (χ0) is 14.7. The van der Waals surface area contributed by atoms with Crippen LogP contribution in [0.4, 0.5) is 5.69 Å². The normalized spacial score (nSPS) is 21.0. The van der Waals surface area contributed by atoms with Gasteiger partial charge in [0.25, 0.3) is 5.56 Å². The van der Waals surface area contributed by atoms with Gasteiger partial charge in [-0.1, -0.05) is 0 Å². The molecule has 0 bridgehead atoms. The summed E-state index contributed by atoms with van der Waals surface area (Å²) in [4.78, 5) is 14.4. The lowest BCUT2D eigenvalue weighted by Crippen LogP contribution is -2.44. The van der Waals surface area contributed by atoms with E-state index in [4.69, 9.17) is 0 Å². The van der Waals surface area contributed by atoms with Gasteiger partial charge in [0.2, 0.25) is 0 Å². The minimum atomic E-state index is -0.0474. The fourth-order valence-electron chi connectivity index (χ4n) is 2.77. The number of piperidine rings is 1. The summed E-state index contributed by atoms with van der Waals surface area (Å²) < 4.78 is 2.11. The standard InChI is InChI=1S/C14H23BrN4O/c1-4-19-14(20)13(15)12(8-17-19)18-7-5-6-11(9-18)10(2)16-3/h8,10-11,16H,4-7,9H2,1-3H3. The number of rotatable bonds is 4. The molecule has 0 saturated carbocycles. The van der Waals surface area contributed by atoms with Crippen molar-refractivity contribution in [1.82, 2.24) is 15.1 Å². The molecule has 1 N–H and O–H groups in total. The van der Waals surface area contributed by atoms with E-state index in [0.29, 0.717) is 23.0 Å². The van der Waals surface area contributed by atoms with Crippen LogP contribution in [0, 0.1) is 5.92 Å². The van der Waals surface area contributed by atoms with Crippen molar-refractivity contribution < 1.29 is 0 Å². The van der Waals surface area contributed by atoms with Gasteiger partial charge in [0, 0.05) is 25.7 Å². The number of hydrogen-bond acceptors (Lipinski definition) is 4. The highest BCUT2D eigenvalue weighted by atomic mass is 79.9. The summed E-state index contributed by atoms with van der Waals surface area (Å²) in [5.74, 6) is 0.606. The molecule has 20 heavy (non-hydrogen) atoms. The van der Waals surface area contributed by atoms with E-state index in [1.165, 1.54) is 11.1 Å². The lowest BCUT2D eigenvalue weighted by molar-refractivity contribution is 0.333. The Hall–Kier alpha value is -0.880. The average molecular weight is 343 g/mol. The predicted octanol–water partition coefficient (Wildman–Crippen LogP) is 1.85. The van der Waals surface area contributed by atoms with E-state index in [9.17, 15) is 4.79 Å². The minimum absolute atomic E-state index is 0.0474. The first-order chi connectivity index (χ1) is 9.58. The second-order valence-corrected chi connectivity index (χ2v) is 6.18. The molecule has 1 aliphatic rings. The van der Waals surface area contributed by atoms with Gasteiger partial charge in [-0.2, -0.15) is 5.10 Å². The van der Waals surface area contributed by atoms with Crippen molar-refractivity contribution in [1.29, 1.82) is 0 Å². The largest absolute Gasteiger partial charge is 0.369 e. The van der Waals surface area contributed by atoms with Crippen LogP contribution in [0.5, 0.6) is 0 Å². The van der Waals surface area contributed by atoms with Crippen molar-refractivity contribution in [3.05, 3.63) is 21.0 Å². The van der Waals surface area contributed by atoms with E-state index in [-0.39, 0.29) is 5.56 Å². The van der Waals surface area contributed by atoms with E-state index in [1.807, 2.05) is 14.0 Å². The SMILES string of the molecule is CCn1ncc(N2CCCC(C(C)NC)C2)c(Br)c1=O. The first kappa shape index (κ1) is 15.5. The van der Waals surface area contributed by atoms with Crippen molar-refractivity contribution in [3.63, 3.8) is 0 Å². The van der Waals surface area contributed by atoms with Crippen LogP contribution >= 0.6 is 15.9 Å². The maximum Gasteiger partial charge on any atom is 0.283 e. The van der Waals surface area contributed by atoms with Crippen LogP contribution in [0.3, 0.4) is 0 Å². The third-order valence-corrected chi connectivity index (χ3v) is 4.97. The number of nitrogens with zero attached hydrogens (tertiary/aromatic N) is 3. The molecular formula is C14H23BrN4O. The van der Waals surface area contributed by atoms with Crippen LogP contribution in [0.2, 0.25) is 0 Å². The third kappa shape index (κ3) is 3.06. The Labute approximate surface area is 128 Å². The molecule has 6 heteroatoms. The van der Waals surface area contributed by atoms with Crippen molar-refractivity contribution in [3.8, 4) is 0 Å². The van der Waals surface area contributed by atoms with Crippen LogP contribution < -0.4 is 15.8 Å². The van der Waals surface area contributed by atoms with E-state index >= 15 is 0 Å². The van der Waals surface area contributed by atoms with Crippen molar-refractivity contribution >= 4 is 21.6 Å². The van der Waals surface area contributed by atoms with E-state index < -0.39 is 0 Å². The van der Waals surface area contributed by atoms with Crippen LogP contribution in [0.1, 0.15) is 26.7 Å². The second kappa shape index (κ2) is 6.72. The molecule has 1 aromatic rings. The maximum absolute atomic E-state index is 12.1. The zero-order valence-electron chi connectivity index (χ0n) is 12.4. The van der Waals surface area contributed by atoms with Gasteiger partial charge in [0.05, 0.1) is 11.9 Å². The molecule has 2 unspecified atom stereocenters. The van der Waals surface area contributed by atoms with E-state index in [1.54, 1.807) is 6.20 Å². The van der Waals surface area contributed by atoms with Crippen molar-refractivity contribution in [2.45, 2.75) is 39.3 Å². The first-order valence-corrected chi connectivity index (χ1v) is 8.05. The van der Waals surface area contributed by atoms with Crippen LogP contribution in [-0.4, -0.2) is 36.0 Å². The van der Waals surface area contributed by atoms with Gasteiger partial charge in [-0.05, 0) is 55.6 Å².